The van der Waals surface area contributed by atoms with Crippen LogP contribution in [0.4, 0.5) is 8.78 Å². The summed E-state index contributed by atoms with van der Waals surface area (Å²) in [6.07, 6.45) is 3.53. The Hall–Kier alpha value is -6.00. The zero-order valence-electron chi connectivity index (χ0n) is 24.0. The second kappa shape index (κ2) is 12.7. The van der Waals surface area contributed by atoms with Crippen molar-refractivity contribution in [1.29, 1.82) is 42.7 Å². The first-order valence-electron chi connectivity index (χ1n) is 13.5. The minimum absolute atomic E-state index is 0.0145. The molecule has 4 aromatic rings. The van der Waals surface area contributed by atoms with Crippen LogP contribution in [0.25, 0.3) is 44.2 Å². The van der Waals surface area contributed by atoms with Crippen LogP contribution < -0.4 is 39.6 Å². The number of halogens is 2. The lowest BCUT2D eigenvalue weighted by molar-refractivity contribution is 0.592. The molecule has 0 unspecified atom stereocenters. The summed E-state index contributed by atoms with van der Waals surface area (Å²) in [6.45, 7) is 0. The highest BCUT2D eigenvalue weighted by molar-refractivity contribution is 7.17. The smallest absolute Gasteiger partial charge is 0.146 e. The summed E-state index contributed by atoms with van der Waals surface area (Å²) in [7, 11) is 0. The Morgan fingerprint density at radius 3 is 1.25 bits per heavy atom. The molecule has 14 heteroatoms. The molecule has 0 saturated carbocycles. The van der Waals surface area contributed by atoms with Gasteiger partial charge in [0.05, 0.1) is 52.1 Å². The molecule has 0 spiro atoms. The molecule has 0 saturated heterocycles. The van der Waals surface area contributed by atoms with Crippen molar-refractivity contribution in [2.24, 2.45) is 0 Å². The van der Waals surface area contributed by atoms with Gasteiger partial charge >= 0.3 is 0 Å². The zero-order valence-corrected chi connectivity index (χ0v) is 27.2. The first-order chi connectivity index (χ1) is 23.1. The highest BCUT2D eigenvalue weighted by Crippen LogP contribution is 2.30. The third-order valence-electron chi connectivity index (χ3n) is 7.14. The number of hydrogen-bond acceptors (Lipinski definition) is 12. The van der Waals surface area contributed by atoms with Crippen molar-refractivity contribution in [2.45, 2.75) is 0 Å². The van der Waals surface area contributed by atoms with Crippen LogP contribution in [0.2, 0.25) is 0 Å². The predicted octanol–water partition coefficient (Wildman–Crippen LogP) is 3.12. The Morgan fingerprint density at radius 2 is 0.896 bits per heavy atom. The van der Waals surface area contributed by atoms with Crippen molar-refractivity contribution in [2.75, 3.05) is 0 Å². The van der Waals surface area contributed by atoms with Crippen molar-refractivity contribution in [1.82, 2.24) is 0 Å². The van der Waals surface area contributed by atoms with E-state index in [1.807, 2.05) is 24.3 Å². The van der Waals surface area contributed by atoms with E-state index in [0.29, 0.717) is 18.8 Å². The molecule has 228 valence electrons. The monoisotopic (exact) mass is 700 g/mol. The summed E-state index contributed by atoms with van der Waals surface area (Å²) in [5.41, 5.74) is -0.575. The van der Waals surface area contributed by atoms with E-state index >= 15 is 8.78 Å². The SMILES string of the molecule is N#CC(C#N)=c1cc/c(=C/c2ccc(-c3c(F)c4c(=N)c(=N)c(-c5ccc(/C=c6/ccc(=C(C#N)C#N)s6)s5)c(F)c=4c(=N)c3=N)s2)s1. The highest BCUT2D eigenvalue weighted by Gasteiger charge is 2.22. The fraction of sp³-hybridized carbons (Fsp3) is 0. The second-order valence-corrected chi connectivity index (χ2v) is 14.4. The molecule has 0 aliphatic heterocycles. The normalized spacial score (nSPS) is 11.6. The van der Waals surface area contributed by atoms with Gasteiger partial charge in [0, 0.05) is 28.6 Å². The molecule has 0 radical (unpaired) electrons. The first-order valence-corrected chi connectivity index (χ1v) is 16.7. The van der Waals surface area contributed by atoms with Gasteiger partial charge in [-0.15, -0.1) is 45.3 Å². The molecule has 0 fully saturated rings. The Labute approximate surface area is 283 Å². The van der Waals surface area contributed by atoms with Crippen molar-refractivity contribution < 1.29 is 8.78 Å². The number of nitrogens with one attached hydrogen (secondary N) is 4. The summed E-state index contributed by atoms with van der Waals surface area (Å²) < 4.78 is 34.9. The summed E-state index contributed by atoms with van der Waals surface area (Å²) >= 11 is 4.68. The van der Waals surface area contributed by atoms with Gasteiger partial charge < -0.3 is 0 Å². The lowest BCUT2D eigenvalue weighted by Crippen LogP contribution is -2.37. The molecule has 2 aliphatic rings. The highest BCUT2D eigenvalue weighted by atomic mass is 32.1. The summed E-state index contributed by atoms with van der Waals surface area (Å²) in [5, 5.41) is 67.7. The predicted molar refractivity (Wildman–Crippen MR) is 178 cm³/mol. The van der Waals surface area contributed by atoms with E-state index in [4.69, 9.17) is 42.7 Å². The Kier molecular flexibility index (Phi) is 8.43. The average molecular weight is 701 g/mol. The fourth-order valence-electron chi connectivity index (χ4n) is 4.93. The van der Waals surface area contributed by atoms with E-state index in [-0.39, 0.29) is 32.0 Å². The number of rotatable bonds is 4. The second-order valence-electron chi connectivity index (χ2n) is 9.92. The van der Waals surface area contributed by atoms with Crippen LogP contribution in [0, 0.1) is 89.0 Å². The molecule has 6 rings (SSSR count). The minimum atomic E-state index is -1.07. The van der Waals surface area contributed by atoms with Gasteiger partial charge in [-0.25, -0.2) is 8.78 Å². The molecule has 4 aromatic heterocycles. The summed E-state index contributed by atoms with van der Waals surface area (Å²) in [6, 6.07) is 20.6. The molecule has 48 heavy (non-hydrogen) atoms. The molecular weight excluding hydrogens is 687 g/mol. The van der Waals surface area contributed by atoms with Gasteiger partial charge in [-0.2, -0.15) is 21.0 Å². The summed E-state index contributed by atoms with van der Waals surface area (Å²) in [4.78, 5) is 1.87. The molecule has 4 heterocycles. The first kappa shape index (κ1) is 32.0. The van der Waals surface area contributed by atoms with Crippen LogP contribution in [-0.2, 0) is 0 Å². The molecule has 0 bridgehead atoms. The van der Waals surface area contributed by atoms with Crippen molar-refractivity contribution in [3.05, 3.63) is 120 Å². The van der Waals surface area contributed by atoms with Crippen LogP contribution in [-0.4, -0.2) is 0 Å². The average Bonchev–Trinajstić information content (AvgIpc) is 3.90. The van der Waals surface area contributed by atoms with Gasteiger partial charge in [0.25, 0.3) is 0 Å². The van der Waals surface area contributed by atoms with E-state index in [2.05, 4.69) is 0 Å². The lowest BCUT2D eigenvalue weighted by Gasteiger charge is -2.08. The van der Waals surface area contributed by atoms with Crippen LogP contribution in [0.15, 0.2) is 48.5 Å². The van der Waals surface area contributed by atoms with Gasteiger partial charge in [-0.3, -0.25) is 21.6 Å². The minimum Gasteiger partial charge on any atom is -0.298 e. The van der Waals surface area contributed by atoms with E-state index in [1.165, 1.54) is 22.7 Å². The van der Waals surface area contributed by atoms with Crippen molar-refractivity contribution in [3.8, 4) is 45.2 Å². The number of nitrogens with zero attached hydrogens (tertiary/aromatic N) is 4. The van der Waals surface area contributed by atoms with Gasteiger partial charge in [0.1, 0.15) is 47.1 Å². The van der Waals surface area contributed by atoms with Crippen LogP contribution in [0.3, 0.4) is 0 Å². The van der Waals surface area contributed by atoms with E-state index in [1.54, 1.807) is 60.7 Å². The third kappa shape index (κ3) is 5.41. The number of nitriles is 4. The topological polar surface area (TPSA) is 191 Å². The molecule has 0 aromatic carbocycles. The number of thiophene rings is 4. The standard InChI is InChI=1S/C34H14F2N8S4/c35-29-25(23-7-3-19(47-23)9-17-1-5-21(45-17)15(11-37)12-38)31(41)33(43)28-27(29)34(44)32(42)26(30(28)36)24-8-4-20(48-24)10-18-2-6-22(46-18)16(13-39)14-40/h1-10,41-44H/b17-9-,18-10-,41-31?,42-32?,43-33?,44-34?. The Balaban J connectivity index is 1.48. The van der Waals surface area contributed by atoms with Crippen LogP contribution >= 0.6 is 45.3 Å². The Bertz CT molecular complexity index is 2830. The summed E-state index contributed by atoms with van der Waals surface area (Å²) in [5.74, 6) is -2.13. The molecule has 0 atom stereocenters. The van der Waals surface area contributed by atoms with Crippen LogP contribution in [0.1, 0.15) is 9.75 Å². The van der Waals surface area contributed by atoms with Gasteiger partial charge in [-0.05, 0) is 60.7 Å². The lowest BCUT2D eigenvalue weighted by atomic mass is 10.0. The maximum Gasteiger partial charge on any atom is 0.146 e. The van der Waals surface area contributed by atoms with Gasteiger partial charge in [0.2, 0.25) is 0 Å². The molecular formula is C34H14F2N8S4. The maximum absolute atomic E-state index is 16.2. The van der Waals surface area contributed by atoms with E-state index < -0.39 is 43.5 Å². The quantitative estimate of drug-likeness (QED) is 0.220. The number of hydrogen-bond donors (Lipinski definition) is 4. The van der Waals surface area contributed by atoms with Crippen molar-refractivity contribution >= 4 is 68.6 Å². The molecule has 2 aliphatic carbocycles. The van der Waals surface area contributed by atoms with Crippen LogP contribution in [0.5, 0.6) is 0 Å². The maximum atomic E-state index is 16.2. The fourth-order valence-corrected chi connectivity index (χ4v) is 8.90. The zero-order chi connectivity index (χ0) is 34.3. The third-order valence-corrected chi connectivity index (χ3v) is 11.3. The van der Waals surface area contributed by atoms with Gasteiger partial charge in [-0.1, -0.05) is 0 Å². The molecule has 0 amide bonds. The molecule has 4 N–H and O–H groups in total. The molecule has 8 nitrogen and oxygen atoms in total. The van der Waals surface area contributed by atoms with E-state index in [9.17, 15) is 0 Å². The Morgan fingerprint density at radius 1 is 0.521 bits per heavy atom. The largest absolute Gasteiger partial charge is 0.298 e. The van der Waals surface area contributed by atoms with Crippen molar-refractivity contribution in [3.63, 3.8) is 0 Å². The van der Waals surface area contributed by atoms with E-state index in [0.717, 1.165) is 31.7 Å². The van der Waals surface area contributed by atoms with Gasteiger partial charge in [0.15, 0.2) is 0 Å².